The summed E-state index contributed by atoms with van der Waals surface area (Å²) in [5.74, 6) is -0.0152. The Morgan fingerprint density at radius 1 is 1.57 bits per heavy atom. The third kappa shape index (κ3) is 2.12. The van der Waals surface area contributed by atoms with Gasteiger partial charge in [0.15, 0.2) is 0 Å². The molecule has 3 heteroatoms. The highest BCUT2D eigenvalue weighted by molar-refractivity contribution is 5.95. The number of ether oxygens (including phenoxy) is 1. The number of hydrogen-bond acceptors (Lipinski definition) is 2. The molecule has 0 radical (unpaired) electrons. The standard InChI is InChI=1S/C11H13NO2/c1-8-4-2-3-5-10(8)11(13)12-6-9-7-14-9/h2-5,9H,6-7H2,1H3,(H,12,13)/t9-/m1/s1. The fourth-order valence-electron chi connectivity index (χ4n) is 1.32. The largest absolute Gasteiger partial charge is 0.371 e. The van der Waals surface area contributed by atoms with Crippen LogP contribution >= 0.6 is 0 Å². The molecule has 1 heterocycles. The Balaban J connectivity index is 1.98. The number of amides is 1. The minimum Gasteiger partial charge on any atom is -0.371 e. The predicted octanol–water partition coefficient (Wildman–Crippen LogP) is 1.12. The van der Waals surface area contributed by atoms with Crippen LogP contribution in [0.4, 0.5) is 0 Å². The molecular weight excluding hydrogens is 178 g/mol. The summed E-state index contributed by atoms with van der Waals surface area (Å²) < 4.78 is 5.01. The monoisotopic (exact) mass is 191 g/mol. The van der Waals surface area contributed by atoms with E-state index in [9.17, 15) is 4.79 Å². The maximum absolute atomic E-state index is 11.6. The second-order valence-corrected chi connectivity index (χ2v) is 3.48. The highest BCUT2D eigenvalue weighted by atomic mass is 16.6. The first-order valence-electron chi connectivity index (χ1n) is 4.73. The van der Waals surface area contributed by atoms with E-state index in [0.717, 1.165) is 17.7 Å². The molecule has 1 aliphatic heterocycles. The van der Waals surface area contributed by atoms with Gasteiger partial charge in [0.25, 0.3) is 5.91 Å². The lowest BCUT2D eigenvalue weighted by atomic mass is 10.1. The Morgan fingerprint density at radius 2 is 2.29 bits per heavy atom. The molecule has 1 atom stereocenters. The summed E-state index contributed by atoms with van der Waals surface area (Å²) in [6.07, 6.45) is 0.239. The van der Waals surface area contributed by atoms with E-state index in [2.05, 4.69) is 5.32 Å². The van der Waals surface area contributed by atoms with Crippen LogP contribution in [0.5, 0.6) is 0 Å². The zero-order chi connectivity index (χ0) is 9.97. The first kappa shape index (κ1) is 9.21. The zero-order valence-electron chi connectivity index (χ0n) is 8.12. The summed E-state index contributed by atoms with van der Waals surface area (Å²) in [6.45, 7) is 3.32. The quantitative estimate of drug-likeness (QED) is 0.727. The molecule has 0 bridgehead atoms. The SMILES string of the molecule is Cc1ccccc1C(=O)NC[C@@H]1CO1. The maximum atomic E-state index is 11.6. The van der Waals surface area contributed by atoms with E-state index in [0.29, 0.717) is 6.54 Å². The van der Waals surface area contributed by atoms with Crippen molar-refractivity contribution >= 4 is 5.91 Å². The molecule has 74 valence electrons. The van der Waals surface area contributed by atoms with Crippen molar-refractivity contribution in [2.45, 2.75) is 13.0 Å². The fourth-order valence-corrected chi connectivity index (χ4v) is 1.32. The topological polar surface area (TPSA) is 41.6 Å². The van der Waals surface area contributed by atoms with Crippen LogP contribution in [0.3, 0.4) is 0 Å². The van der Waals surface area contributed by atoms with Crippen LogP contribution in [0.15, 0.2) is 24.3 Å². The summed E-state index contributed by atoms with van der Waals surface area (Å²) in [4.78, 5) is 11.6. The van der Waals surface area contributed by atoms with Gasteiger partial charge in [0.05, 0.1) is 12.7 Å². The van der Waals surface area contributed by atoms with E-state index in [1.54, 1.807) is 0 Å². The molecule has 0 aromatic heterocycles. The number of nitrogens with one attached hydrogen (secondary N) is 1. The van der Waals surface area contributed by atoms with E-state index in [-0.39, 0.29) is 12.0 Å². The molecule has 1 fully saturated rings. The van der Waals surface area contributed by atoms with E-state index in [1.165, 1.54) is 0 Å². The van der Waals surface area contributed by atoms with Crippen molar-refractivity contribution in [3.63, 3.8) is 0 Å². The van der Waals surface area contributed by atoms with Crippen molar-refractivity contribution in [1.82, 2.24) is 5.32 Å². The highest BCUT2D eigenvalue weighted by Crippen LogP contribution is 2.09. The third-order valence-corrected chi connectivity index (χ3v) is 2.28. The van der Waals surface area contributed by atoms with Gasteiger partial charge in [-0.2, -0.15) is 0 Å². The molecule has 2 rings (SSSR count). The smallest absolute Gasteiger partial charge is 0.251 e. The number of carbonyl (C=O) groups is 1. The second-order valence-electron chi connectivity index (χ2n) is 3.48. The zero-order valence-corrected chi connectivity index (χ0v) is 8.12. The molecule has 14 heavy (non-hydrogen) atoms. The lowest BCUT2D eigenvalue weighted by Crippen LogP contribution is -2.27. The number of hydrogen-bond donors (Lipinski definition) is 1. The average Bonchev–Trinajstić information content (AvgIpc) is 2.98. The second kappa shape index (κ2) is 3.80. The molecule has 0 aliphatic carbocycles. The van der Waals surface area contributed by atoms with Gasteiger partial charge in [-0.3, -0.25) is 4.79 Å². The van der Waals surface area contributed by atoms with Gasteiger partial charge in [0, 0.05) is 12.1 Å². The van der Waals surface area contributed by atoms with E-state index >= 15 is 0 Å². The molecule has 1 aromatic carbocycles. The van der Waals surface area contributed by atoms with Crippen LogP contribution in [0, 0.1) is 6.92 Å². The van der Waals surface area contributed by atoms with Gasteiger partial charge >= 0.3 is 0 Å². The van der Waals surface area contributed by atoms with Crippen LogP contribution in [-0.2, 0) is 4.74 Å². The molecule has 1 aromatic rings. The minimum absolute atomic E-state index is 0.0152. The molecule has 0 spiro atoms. The Morgan fingerprint density at radius 3 is 2.93 bits per heavy atom. The van der Waals surface area contributed by atoms with Gasteiger partial charge in [-0.1, -0.05) is 18.2 Å². The maximum Gasteiger partial charge on any atom is 0.251 e. The first-order chi connectivity index (χ1) is 6.77. The average molecular weight is 191 g/mol. The summed E-state index contributed by atoms with van der Waals surface area (Å²) in [5, 5.41) is 2.84. The Labute approximate surface area is 83.1 Å². The third-order valence-electron chi connectivity index (χ3n) is 2.28. The number of aryl methyl sites for hydroxylation is 1. The Kier molecular flexibility index (Phi) is 2.50. The van der Waals surface area contributed by atoms with Crippen LogP contribution < -0.4 is 5.32 Å². The number of rotatable bonds is 3. The van der Waals surface area contributed by atoms with E-state index in [4.69, 9.17) is 4.74 Å². The fraction of sp³-hybridized carbons (Fsp3) is 0.364. The first-order valence-corrected chi connectivity index (χ1v) is 4.73. The number of carbonyl (C=O) groups excluding carboxylic acids is 1. The lowest BCUT2D eigenvalue weighted by molar-refractivity contribution is 0.0949. The van der Waals surface area contributed by atoms with Crippen LogP contribution in [-0.4, -0.2) is 25.2 Å². The summed E-state index contributed by atoms with van der Waals surface area (Å²) in [6, 6.07) is 7.56. The molecule has 1 amide bonds. The Bertz CT molecular complexity index is 345. The number of benzene rings is 1. The molecule has 0 unspecified atom stereocenters. The molecule has 3 nitrogen and oxygen atoms in total. The van der Waals surface area contributed by atoms with E-state index < -0.39 is 0 Å². The van der Waals surface area contributed by atoms with Crippen molar-refractivity contribution in [3.05, 3.63) is 35.4 Å². The highest BCUT2D eigenvalue weighted by Gasteiger charge is 2.23. The van der Waals surface area contributed by atoms with Gasteiger partial charge in [-0.25, -0.2) is 0 Å². The van der Waals surface area contributed by atoms with Crippen molar-refractivity contribution in [2.75, 3.05) is 13.2 Å². The molecule has 1 N–H and O–H groups in total. The van der Waals surface area contributed by atoms with Gasteiger partial charge < -0.3 is 10.1 Å². The molecule has 0 saturated carbocycles. The molecule has 1 aliphatic rings. The van der Waals surface area contributed by atoms with Crippen molar-refractivity contribution in [2.24, 2.45) is 0 Å². The van der Waals surface area contributed by atoms with Crippen molar-refractivity contribution < 1.29 is 9.53 Å². The van der Waals surface area contributed by atoms with Gasteiger partial charge in [-0.15, -0.1) is 0 Å². The normalized spacial score (nSPS) is 19.1. The van der Waals surface area contributed by atoms with Crippen LogP contribution in [0.1, 0.15) is 15.9 Å². The van der Waals surface area contributed by atoms with Gasteiger partial charge in [-0.05, 0) is 18.6 Å². The molecule has 1 saturated heterocycles. The lowest BCUT2D eigenvalue weighted by Gasteiger charge is -2.05. The minimum atomic E-state index is -0.0152. The number of epoxide rings is 1. The molecular formula is C11H13NO2. The van der Waals surface area contributed by atoms with Crippen molar-refractivity contribution in [1.29, 1.82) is 0 Å². The van der Waals surface area contributed by atoms with Gasteiger partial charge in [0.1, 0.15) is 0 Å². The van der Waals surface area contributed by atoms with Crippen LogP contribution in [0.2, 0.25) is 0 Å². The predicted molar refractivity (Wildman–Crippen MR) is 53.3 cm³/mol. The summed E-state index contributed by atoms with van der Waals surface area (Å²) in [5.41, 5.74) is 1.75. The summed E-state index contributed by atoms with van der Waals surface area (Å²) >= 11 is 0. The van der Waals surface area contributed by atoms with Crippen molar-refractivity contribution in [3.8, 4) is 0 Å². The van der Waals surface area contributed by atoms with Crippen LogP contribution in [0.25, 0.3) is 0 Å². The summed E-state index contributed by atoms with van der Waals surface area (Å²) in [7, 11) is 0. The Hall–Kier alpha value is -1.35. The van der Waals surface area contributed by atoms with Gasteiger partial charge in [0.2, 0.25) is 0 Å². The van der Waals surface area contributed by atoms with E-state index in [1.807, 2.05) is 31.2 Å².